The second kappa shape index (κ2) is 6.30. The zero-order valence-electron chi connectivity index (χ0n) is 11.3. The van der Waals surface area contributed by atoms with Gasteiger partial charge in [-0.1, -0.05) is 54.6 Å². The van der Waals surface area contributed by atoms with Gasteiger partial charge in [-0.05, 0) is 23.6 Å². The highest BCUT2D eigenvalue weighted by atomic mass is 16.5. The van der Waals surface area contributed by atoms with Crippen LogP contribution in [0.1, 0.15) is 22.8 Å². The number of hydrogen-bond acceptors (Lipinski definition) is 2. The highest BCUT2D eigenvalue weighted by molar-refractivity contribution is 5.86. The molecule has 2 nitrogen and oxygen atoms in total. The molecule has 0 spiro atoms. The molecule has 0 saturated heterocycles. The van der Waals surface area contributed by atoms with Crippen molar-refractivity contribution in [2.24, 2.45) is 0 Å². The molecule has 1 atom stereocenters. The lowest BCUT2D eigenvalue weighted by Gasteiger charge is -2.15. The maximum atomic E-state index is 12.4. The van der Waals surface area contributed by atoms with Crippen molar-refractivity contribution in [1.29, 1.82) is 0 Å². The molecule has 0 fully saturated rings. The summed E-state index contributed by atoms with van der Waals surface area (Å²) >= 11 is 0. The van der Waals surface area contributed by atoms with Gasteiger partial charge in [0.05, 0.1) is 0 Å². The Balaban J connectivity index is 2.17. The molecule has 19 heavy (non-hydrogen) atoms. The third kappa shape index (κ3) is 3.30. The summed E-state index contributed by atoms with van der Waals surface area (Å²) in [6.45, 7) is 2.02. The molecule has 0 heterocycles. The number of Topliss-reactive ketones (excluding diaryl/α,β-unsaturated/α-hetero) is 1. The molecule has 98 valence electrons. The predicted octanol–water partition coefficient (Wildman–Crippen LogP) is 3.49. The Labute approximate surface area is 114 Å². The van der Waals surface area contributed by atoms with Crippen LogP contribution in [0.3, 0.4) is 0 Å². The normalized spacial score (nSPS) is 12.1. The molecule has 0 amide bonds. The molecular formula is C17H18O2. The largest absolute Gasteiger partial charge is 0.369 e. The molecule has 1 unspecified atom stereocenters. The second-order valence-electron chi connectivity index (χ2n) is 4.60. The maximum absolute atomic E-state index is 12.4. The van der Waals surface area contributed by atoms with Crippen LogP contribution in [-0.2, 0) is 16.0 Å². The third-order valence-electron chi connectivity index (χ3n) is 3.26. The van der Waals surface area contributed by atoms with E-state index in [1.54, 1.807) is 7.11 Å². The van der Waals surface area contributed by atoms with Gasteiger partial charge in [-0.15, -0.1) is 0 Å². The first-order valence-corrected chi connectivity index (χ1v) is 6.37. The summed E-state index contributed by atoms with van der Waals surface area (Å²) in [5.41, 5.74) is 3.10. The van der Waals surface area contributed by atoms with E-state index in [0.717, 1.165) is 16.7 Å². The van der Waals surface area contributed by atoms with Crippen LogP contribution in [0.2, 0.25) is 0 Å². The first-order chi connectivity index (χ1) is 9.22. The van der Waals surface area contributed by atoms with Gasteiger partial charge in [0.15, 0.2) is 5.78 Å². The van der Waals surface area contributed by atoms with Gasteiger partial charge < -0.3 is 4.74 Å². The number of hydrogen-bond donors (Lipinski definition) is 0. The fraction of sp³-hybridized carbons (Fsp3) is 0.235. The Morgan fingerprint density at radius 3 is 2.32 bits per heavy atom. The molecule has 0 bridgehead atoms. The van der Waals surface area contributed by atoms with Crippen LogP contribution in [0, 0.1) is 6.92 Å². The summed E-state index contributed by atoms with van der Waals surface area (Å²) in [5, 5.41) is 0. The molecule has 2 rings (SSSR count). The predicted molar refractivity (Wildman–Crippen MR) is 76.1 cm³/mol. The van der Waals surface area contributed by atoms with Gasteiger partial charge in [0, 0.05) is 13.5 Å². The van der Waals surface area contributed by atoms with Crippen LogP contribution in [0.5, 0.6) is 0 Å². The topological polar surface area (TPSA) is 26.3 Å². The molecule has 2 aromatic carbocycles. The summed E-state index contributed by atoms with van der Waals surface area (Å²) < 4.78 is 5.36. The van der Waals surface area contributed by atoms with Crippen LogP contribution in [0.15, 0.2) is 54.6 Å². The van der Waals surface area contributed by atoms with Gasteiger partial charge in [0.1, 0.15) is 6.10 Å². The highest BCUT2D eigenvalue weighted by Gasteiger charge is 2.20. The van der Waals surface area contributed by atoms with Gasteiger partial charge >= 0.3 is 0 Å². The van der Waals surface area contributed by atoms with E-state index >= 15 is 0 Å². The number of rotatable bonds is 5. The Morgan fingerprint density at radius 1 is 1.05 bits per heavy atom. The number of aryl methyl sites for hydroxylation is 1. The molecule has 0 radical (unpaired) electrons. The summed E-state index contributed by atoms with van der Waals surface area (Å²) in [4.78, 5) is 12.4. The van der Waals surface area contributed by atoms with Crippen LogP contribution >= 0.6 is 0 Å². The van der Waals surface area contributed by atoms with Crippen molar-refractivity contribution in [3.05, 3.63) is 71.3 Å². The van der Waals surface area contributed by atoms with E-state index in [4.69, 9.17) is 4.74 Å². The first kappa shape index (κ1) is 13.5. The lowest BCUT2D eigenvalue weighted by molar-refractivity contribution is -0.128. The summed E-state index contributed by atoms with van der Waals surface area (Å²) in [6, 6.07) is 17.6. The number of carbonyl (C=O) groups is 1. The van der Waals surface area contributed by atoms with Crippen molar-refractivity contribution in [1.82, 2.24) is 0 Å². The molecule has 0 saturated carbocycles. The SMILES string of the molecule is COC(C(=O)Cc1ccccc1C)c1ccccc1. The van der Waals surface area contributed by atoms with Crippen molar-refractivity contribution >= 4 is 5.78 Å². The Hall–Kier alpha value is -1.93. The zero-order valence-corrected chi connectivity index (χ0v) is 11.3. The number of ketones is 1. The molecule has 2 aromatic rings. The van der Waals surface area contributed by atoms with Crippen LogP contribution in [0.25, 0.3) is 0 Å². The van der Waals surface area contributed by atoms with Crippen molar-refractivity contribution in [3.63, 3.8) is 0 Å². The van der Waals surface area contributed by atoms with Crippen molar-refractivity contribution in [2.75, 3.05) is 7.11 Å². The molecule has 0 aliphatic rings. The highest BCUT2D eigenvalue weighted by Crippen LogP contribution is 2.20. The molecule has 2 heteroatoms. The minimum atomic E-state index is -0.485. The zero-order chi connectivity index (χ0) is 13.7. The minimum absolute atomic E-state index is 0.0861. The number of ether oxygens (including phenoxy) is 1. The molecule has 0 N–H and O–H groups in total. The minimum Gasteiger partial charge on any atom is -0.369 e. The van der Waals surface area contributed by atoms with Crippen molar-refractivity contribution in [3.8, 4) is 0 Å². The van der Waals surface area contributed by atoms with E-state index in [-0.39, 0.29) is 5.78 Å². The molecular weight excluding hydrogens is 236 g/mol. The smallest absolute Gasteiger partial charge is 0.170 e. The number of benzene rings is 2. The maximum Gasteiger partial charge on any atom is 0.170 e. The average molecular weight is 254 g/mol. The van der Waals surface area contributed by atoms with Gasteiger partial charge in [0.2, 0.25) is 0 Å². The summed E-state index contributed by atoms with van der Waals surface area (Å²) in [7, 11) is 1.58. The molecule has 0 aliphatic heterocycles. The van der Waals surface area contributed by atoms with Crippen LogP contribution in [-0.4, -0.2) is 12.9 Å². The molecule has 0 aromatic heterocycles. The van der Waals surface area contributed by atoms with Crippen molar-refractivity contribution < 1.29 is 9.53 Å². The number of carbonyl (C=O) groups excluding carboxylic acids is 1. The average Bonchev–Trinajstić information content (AvgIpc) is 2.43. The van der Waals surface area contributed by atoms with Crippen LogP contribution in [0.4, 0.5) is 0 Å². The van der Waals surface area contributed by atoms with E-state index < -0.39 is 6.10 Å². The standard InChI is InChI=1S/C17H18O2/c1-13-8-6-7-11-15(13)12-16(18)17(19-2)14-9-4-3-5-10-14/h3-11,17H,12H2,1-2H3. The summed E-state index contributed by atoms with van der Waals surface area (Å²) in [5.74, 6) is 0.0861. The Morgan fingerprint density at radius 2 is 1.68 bits per heavy atom. The van der Waals surface area contributed by atoms with E-state index in [2.05, 4.69) is 0 Å². The van der Waals surface area contributed by atoms with E-state index in [1.165, 1.54) is 0 Å². The van der Waals surface area contributed by atoms with Gasteiger partial charge in [0.25, 0.3) is 0 Å². The quantitative estimate of drug-likeness (QED) is 0.816. The lowest BCUT2D eigenvalue weighted by atomic mass is 9.97. The fourth-order valence-corrected chi connectivity index (χ4v) is 2.17. The van der Waals surface area contributed by atoms with Gasteiger partial charge in [-0.3, -0.25) is 4.79 Å². The number of methoxy groups -OCH3 is 1. The van der Waals surface area contributed by atoms with Gasteiger partial charge in [-0.2, -0.15) is 0 Å². The van der Waals surface area contributed by atoms with E-state index in [0.29, 0.717) is 6.42 Å². The first-order valence-electron chi connectivity index (χ1n) is 6.37. The monoisotopic (exact) mass is 254 g/mol. The lowest BCUT2D eigenvalue weighted by Crippen LogP contribution is -2.17. The fourth-order valence-electron chi connectivity index (χ4n) is 2.17. The second-order valence-corrected chi connectivity index (χ2v) is 4.60. The van der Waals surface area contributed by atoms with Crippen LogP contribution < -0.4 is 0 Å². The molecule has 0 aliphatic carbocycles. The third-order valence-corrected chi connectivity index (χ3v) is 3.26. The van der Waals surface area contributed by atoms with Crippen molar-refractivity contribution in [2.45, 2.75) is 19.4 Å². The van der Waals surface area contributed by atoms with E-state index in [1.807, 2.05) is 61.5 Å². The summed E-state index contributed by atoms with van der Waals surface area (Å²) in [6.07, 6.45) is -0.0825. The Bertz CT molecular complexity index is 546. The Kier molecular flexibility index (Phi) is 4.48. The van der Waals surface area contributed by atoms with Gasteiger partial charge in [-0.25, -0.2) is 0 Å². The van der Waals surface area contributed by atoms with E-state index in [9.17, 15) is 4.79 Å².